The summed E-state index contributed by atoms with van der Waals surface area (Å²) in [5, 5.41) is 1.96. The molecule has 11 nitrogen and oxygen atoms in total. The number of ether oxygens (including phenoxy) is 2. The Balaban J connectivity index is 2.15. The Morgan fingerprint density at radius 2 is 1.88 bits per heavy atom. The quantitative estimate of drug-likeness (QED) is 0.723. The zero-order valence-corrected chi connectivity index (χ0v) is 14.7. The van der Waals surface area contributed by atoms with Crippen LogP contribution in [-0.2, 0) is 16.6 Å². The molecule has 0 aliphatic carbocycles. The number of rotatable bonds is 7. The van der Waals surface area contributed by atoms with Crippen LogP contribution in [0.15, 0.2) is 23.6 Å². The molecule has 0 unspecified atom stereocenters. The summed E-state index contributed by atoms with van der Waals surface area (Å²) in [7, 11) is -1.39. The molecule has 0 aliphatic heterocycles. The number of aromatic nitrogens is 4. The smallest absolute Gasteiger partial charge is 0.335 e. The zero-order chi connectivity index (χ0) is 18.4. The lowest BCUT2D eigenvalue weighted by Crippen LogP contribution is -2.36. The Kier molecular flexibility index (Phi) is 5.75. The molecule has 0 aromatic carbocycles. The molecule has 0 bridgehead atoms. The molecule has 0 saturated heterocycles. The first-order valence-corrected chi connectivity index (χ1v) is 8.70. The number of amides is 2. The fraction of sp³-hybridized carbons (Fsp3) is 0.385. The number of anilines is 1. The van der Waals surface area contributed by atoms with Crippen molar-refractivity contribution in [3.05, 3.63) is 18.5 Å². The Bertz CT molecular complexity index is 828. The highest BCUT2D eigenvalue weighted by atomic mass is 32.2. The molecule has 2 heterocycles. The summed E-state index contributed by atoms with van der Waals surface area (Å²) >= 11 is 0. The van der Waals surface area contributed by atoms with Gasteiger partial charge in [0.15, 0.2) is 0 Å². The average Bonchev–Trinajstić information content (AvgIpc) is 3.03. The molecule has 2 aromatic rings. The number of hydrogen-bond acceptors (Lipinski definition) is 8. The van der Waals surface area contributed by atoms with E-state index < -0.39 is 16.1 Å². The molecule has 0 spiro atoms. The van der Waals surface area contributed by atoms with Gasteiger partial charge in [0, 0.05) is 18.9 Å². The summed E-state index contributed by atoms with van der Waals surface area (Å²) in [5.74, 6) is 0.104. The lowest BCUT2D eigenvalue weighted by Gasteiger charge is -2.10. The maximum Gasteiger partial charge on any atom is 0.335 e. The number of urea groups is 1. The predicted molar refractivity (Wildman–Crippen MR) is 87.0 cm³/mol. The van der Waals surface area contributed by atoms with Crippen molar-refractivity contribution in [1.29, 1.82) is 0 Å². The third-order valence-corrected chi connectivity index (χ3v) is 4.21. The normalized spacial score (nSPS) is 11.0. The maximum atomic E-state index is 12.3. The number of nitrogens with one attached hydrogen (secondary N) is 2. The van der Waals surface area contributed by atoms with Crippen molar-refractivity contribution in [3.63, 3.8) is 0 Å². The van der Waals surface area contributed by atoms with Crippen LogP contribution in [0.4, 0.5) is 10.7 Å². The third kappa shape index (κ3) is 4.56. The highest BCUT2D eigenvalue weighted by Crippen LogP contribution is 2.17. The first-order valence-electron chi connectivity index (χ1n) is 7.21. The second kappa shape index (κ2) is 7.79. The molecule has 2 aromatic heterocycles. The molecule has 0 atom stereocenters. The Morgan fingerprint density at radius 1 is 1.24 bits per heavy atom. The number of aryl methyl sites for hydroxylation is 1. The van der Waals surface area contributed by atoms with Crippen LogP contribution in [-0.4, -0.2) is 48.2 Å². The Morgan fingerprint density at radius 3 is 2.44 bits per heavy atom. The van der Waals surface area contributed by atoms with Crippen LogP contribution in [0.2, 0.25) is 0 Å². The van der Waals surface area contributed by atoms with Gasteiger partial charge in [-0.05, 0) is 6.42 Å². The van der Waals surface area contributed by atoms with Crippen LogP contribution < -0.4 is 19.5 Å². The lowest BCUT2D eigenvalue weighted by atomic mass is 10.5. The standard InChI is InChI=1S/C13H18N6O5S/c1-4-6-19-7-5-14-13(19)25(21,22)18-12(20)17-11-15-9(23-2)8-10(16-11)24-3/h5,7-8H,4,6H2,1-3H3,(H2,15,16,17,18,20). The number of hydrogen-bond donors (Lipinski definition) is 2. The first-order chi connectivity index (χ1) is 11.9. The van der Waals surface area contributed by atoms with Crippen molar-refractivity contribution in [2.45, 2.75) is 25.0 Å². The van der Waals surface area contributed by atoms with Gasteiger partial charge >= 0.3 is 6.03 Å². The van der Waals surface area contributed by atoms with E-state index in [-0.39, 0.29) is 22.9 Å². The van der Waals surface area contributed by atoms with Gasteiger partial charge in [0.25, 0.3) is 10.0 Å². The van der Waals surface area contributed by atoms with Crippen molar-refractivity contribution < 1.29 is 22.7 Å². The largest absolute Gasteiger partial charge is 0.481 e. The fourth-order valence-electron chi connectivity index (χ4n) is 1.91. The van der Waals surface area contributed by atoms with Crippen LogP contribution in [0.3, 0.4) is 0 Å². The van der Waals surface area contributed by atoms with Crippen LogP contribution in [0.1, 0.15) is 13.3 Å². The number of carbonyl (C=O) groups excluding carboxylic acids is 1. The van der Waals surface area contributed by atoms with Gasteiger partial charge in [-0.1, -0.05) is 6.92 Å². The molecule has 25 heavy (non-hydrogen) atoms. The van der Waals surface area contributed by atoms with E-state index in [0.717, 1.165) is 0 Å². The third-order valence-electron chi connectivity index (χ3n) is 2.93. The fourth-order valence-corrected chi connectivity index (χ4v) is 2.96. The molecular formula is C13H18N6O5S. The van der Waals surface area contributed by atoms with Crippen molar-refractivity contribution in [2.75, 3.05) is 19.5 Å². The number of carbonyl (C=O) groups is 1. The highest BCUT2D eigenvalue weighted by Gasteiger charge is 2.23. The van der Waals surface area contributed by atoms with Gasteiger partial charge in [-0.3, -0.25) is 5.32 Å². The van der Waals surface area contributed by atoms with E-state index in [1.54, 1.807) is 0 Å². The molecule has 2 N–H and O–H groups in total. The van der Waals surface area contributed by atoms with Crippen molar-refractivity contribution >= 4 is 22.0 Å². The van der Waals surface area contributed by atoms with E-state index in [0.29, 0.717) is 13.0 Å². The Hall–Kier alpha value is -2.89. The highest BCUT2D eigenvalue weighted by molar-refractivity contribution is 7.89. The summed E-state index contributed by atoms with van der Waals surface area (Å²) in [6.07, 6.45) is 3.58. The van der Waals surface area contributed by atoms with Crippen LogP contribution in [0.5, 0.6) is 11.8 Å². The van der Waals surface area contributed by atoms with Gasteiger partial charge in [0.1, 0.15) is 0 Å². The molecule has 0 aliphatic rings. The van der Waals surface area contributed by atoms with Crippen LogP contribution in [0.25, 0.3) is 0 Å². The van der Waals surface area contributed by atoms with E-state index in [4.69, 9.17) is 9.47 Å². The summed E-state index contributed by atoms with van der Waals surface area (Å²) in [5.41, 5.74) is 0. The minimum Gasteiger partial charge on any atom is -0.481 e. The van der Waals surface area contributed by atoms with Crippen LogP contribution >= 0.6 is 0 Å². The number of nitrogens with zero attached hydrogens (tertiary/aromatic N) is 4. The number of sulfonamides is 1. The number of imidazole rings is 1. The first kappa shape index (κ1) is 18.4. The summed E-state index contributed by atoms with van der Waals surface area (Å²) in [6.45, 7) is 2.35. The zero-order valence-electron chi connectivity index (χ0n) is 13.9. The lowest BCUT2D eigenvalue weighted by molar-refractivity contribution is 0.256. The average molecular weight is 370 g/mol. The molecule has 0 saturated carbocycles. The van der Waals surface area contributed by atoms with Gasteiger partial charge in [0.2, 0.25) is 22.9 Å². The van der Waals surface area contributed by atoms with Gasteiger partial charge in [0.05, 0.1) is 20.3 Å². The van der Waals surface area contributed by atoms with E-state index in [1.807, 2.05) is 11.6 Å². The summed E-state index contributed by atoms with van der Waals surface area (Å²) in [4.78, 5) is 23.5. The Labute approximate surface area is 144 Å². The second-order valence-corrected chi connectivity index (χ2v) is 6.32. The summed E-state index contributed by atoms with van der Waals surface area (Å²) in [6, 6.07) is 0.364. The van der Waals surface area contributed by atoms with Gasteiger partial charge in [-0.15, -0.1) is 0 Å². The second-order valence-electron chi connectivity index (χ2n) is 4.74. The van der Waals surface area contributed by atoms with E-state index in [1.165, 1.54) is 37.2 Å². The molecule has 0 fully saturated rings. The number of methoxy groups -OCH3 is 2. The molecule has 136 valence electrons. The monoisotopic (exact) mass is 370 g/mol. The van der Waals surface area contributed by atoms with E-state index in [2.05, 4.69) is 20.3 Å². The topological polar surface area (TPSA) is 137 Å². The molecule has 12 heteroatoms. The SMILES string of the molecule is CCCn1ccnc1S(=O)(=O)NC(=O)Nc1nc(OC)cc(OC)n1. The molecule has 2 rings (SSSR count). The van der Waals surface area contributed by atoms with Crippen molar-refractivity contribution in [1.82, 2.24) is 24.2 Å². The summed E-state index contributed by atoms with van der Waals surface area (Å²) < 4.78 is 37.8. The van der Waals surface area contributed by atoms with Gasteiger partial charge in [-0.25, -0.2) is 14.5 Å². The maximum absolute atomic E-state index is 12.3. The molecule has 2 amide bonds. The van der Waals surface area contributed by atoms with E-state index in [9.17, 15) is 13.2 Å². The molecule has 0 radical (unpaired) electrons. The minimum absolute atomic E-state index is 0.142. The van der Waals surface area contributed by atoms with E-state index >= 15 is 0 Å². The molecular weight excluding hydrogens is 352 g/mol. The van der Waals surface area contributed by atoms with Crippen molar-refractivity contribution in [2.24, 2.45) is 0 Å². The predicted octanol–water partition coefficient (Wildman–Crippen LogP) is 0.611. The van der Waals surface area contributed by atoms with Gasteiger partial charge < -0.3 is 14.0 Å². The van der Waals surface area contributed by atoms with Gasteiger partial charge in [-0.2, -0.15) is 18.4 Å². The van der Waals surface area contributed by atoms with Crippen LogP contribution in [0, 0.1) is 0 Å². The minimum atomic E-state index is -4.15. The van der Waals surface area contributed by atoms with Crippen molar-refractivity contribution in [3.8, 4) is 11.8 Å².